The Bertz CT molecular complexity index is 8140. The molecular weight excluding hydrogens is 1530 g/mol. The van der Waals surface area contributed by atoms with Gasteiger partial charge in [0.25, 0.3) is 0 Å². The summed E-state index contributed by atoms with van der Waals surface area (Å²) in [6.45, 7) is 0. The SMILES string of the molecule is c1ccc(-c2ccc3c(-c4cccc(-c5cccc6oc7ccccc7c56)c4)c4cc(-c5ccccc5)ccc4c(-c4ccc([Si](c5ccccc5)(c5ccccc5)c5ccccc5)cc4)c3c2)cc1.c1ccc(-c2ccccc2-c2c3ccccc3c(-c3cccc(-c4cccc5oc6ccccc6c45)c3)c3ccc(-c4cccc5ccccc45)cc23)cc1. The zero-order valence-corrected chi connectivity index (χ0v) is 69.5. The smallest absolute Gasteiger partial charge is 0.179 e. The summed E-state index contributed by atoms with van der Waals surface area (Å²) in [5.74, 6) is 0. The molecule has 2 heterocycles. The fourth-order valence-corrected chi connectivity index (χ4v) is 24.9. The Morgan fingerprint density at radius 3 is 0.944 bits per heavy atom. The Morgan fingerprint density at radius 1 is 0.136 bits per heavy atom. The van der Waals surface area contributed by atoms with E-state index in [0.717, 1.165) is 60.6 Å². The molecule has 24 aromatic rings. The van der Waals surface area contributed by atoms with Crippen molar-refractivity contribution in [3.63, 3.8) is 0 Å². The molecule has 0 atom stereocenters. The number of para-hydroxylation sites is 2. The third-order valence-corrected chi connectivity index (χ3v) is 30.5. The van der Waals surface area contributed by atoms with Crippen LogP contribution in [-0.2, 0) is 0 Å². The van der Waals surface area contributed by atoms with Crippen molar-refractivity contribution in [2.45, 2.75) is 0 Å². The number of benzene rings is 22. The highest BCUT2D eigenvalue weighted by Crippen LogP contribution is 2.51. The molecule has 0 N–H and O–H groups in total. The third-order valence-electron chi connectivity index (χ3n) is 25.7. The van der Waals surface area contributed by atoms with Gasteiger partial charge in [-0.1, -0.05) is 431 Å². The Kier molecular flexibility index (Phi) is 18.7. The molecule has 584 valence electrons. The van der Waals surface area contributed by atoms with E-state index < -0.39 is 8.07 Å². The number of rotatable bonds is 14. The zero-order valence-electron chi connectivity index (χ0n) is 68.5. The van der Waals surface area contributed by atoms with Gasteiger partial charge in [-0.3, -0.25) is 0 Å². The van der Waals surface area contributed by atoms with Crippen LogP contribution in [0.1, 0.15) is 0 Å². The molecule has 0 amide bonds. The Balaban J connectivity index is 0.000000148. The maximum absolute atomic E-state index is 6.40. The fourth-order valence-electron chi connectivity index (χ4n) is 20.1. The Labute approximate surface area is 726 Å². The van der Waals surface area contributed by atoms with Gasteiger partial charge in [0.2, 0.25) is 0 Å². The van der Waals surface area contributed by atoms with Crippen LogP contribution in [0.5, 0.6) is 0 Å². The van der Waals surface area contributed by atoms with E-state index in [2.05, 4.69) is 473 Å². The molecule has 0 aliphatic carbocycles. The minimum Gasteiger partial charge on any atom is -0.456 e. The number of fused-ring (bicyclic) bond motifs is 11. The van der Waals surface area contributed by atoms with Crippen molar-refractivity contribution in [3.8, 4) is 111 Å². The summed E-state index contributed by atoms with van der Waals surface area (Å²) in [5.41, 5.74) is 27.6. The lowest BCUT2D eigenvalue weighted by Crippen LogP contribution is -2.74. The number of hydrogen-bond donors (Lipinski definition) is 0. The summed E-state index contributed by atoms with van der Waals surface area (Å²) in [4.78, 5) is 0. The van der Waals surface area contributed by atoms with E-state index in [4.69, 9.17) is 8.83 Å². The van der Waals surface area contributed by atoms with E-state index in [0.29, 0.717) is 0 Å². The lowest BCUT2D eigenvalue weighted by molar-refractivity contribution is 0.668. The van der Waals surface area contributed by atoms with Gasteiger partial charge in [0, 0.05) is 21.5 Å². The zero-order chi connectivity index (χ0) is 82.7. The lowest BCUT2D eigenvalue weighted by atomic mass is 9.82. The first kappa shape index (κ1) is 74.0. The highest BCUT2D eigenvalue weighted by Gasteiger charge is 2.41. The molecule has 2 nitrogen and oxygen atoms in total. The molecule has 0 spiro atoms. The molecule has 24 rings (SSSR count). The van der Waals surface area contributed by atoms with Gasteiger partial charge in [-0.15, -0.1) is 0 Å². The molecular formula is C122H80O2Si. The fraction of sp³-hybridized carbons (Fsp3) is 0. The van der Waals surface area contributed by atoms with Crippen LogP contribution >= 0.6 is 0 Å². The topological polar surface area (TPSA) is 26.3 Å². The van der Waals surface area contributed by atoms with E-state index in [-0.39, 0.29) is 0 Å². The molecule has 22 aromatic carbocycles. The highest BCUT2D eigenvalue weighted by molar-refractivity contribution is 7.19. The van der Waals surface area contributed by atoms with Crippen molar-refractivity contribution in [2.75, 3.05) is 0 Å². The minimum atomic E-state index is -2.75. The summed E-state index contributed by atoms with van der Waals surface area (Å²) < 4.78 is 12.7. The van der Waals surface area contributed by atoms with Gasteiger partial charge in [0.1, 0.15) is 22.3 Å². The second kappa shape index (κ2) is 31.5. The van der Waals surface area contributed by atoms with Crippen LogP contribution in [0.4, 0.5) is 0 Å². The van der Waals surface area contributed by atoms with Crippen LogP contribution in [0.3, 0.4) is 0 Å². The summed E-state index contributed by atoms with van der Waals surface area (Å²) in [7, 11) is -2.75. The second-order valence-corrected chi connectivity index (χ2v) is 36.4. The predicted molar refractivity (Wildman–Crippen MR) is 533 cm³/mol. The first-order valence-corrected chi connectivity index (χ1v) is 45.1. The van der Waals surface area contributed by atoms with Crippen LogP contribution in [0.25, 0.3) is 209 Å². The maximum atomic E-state index is 6.40. The lowest BCUT2D eigenvalue weighted by Gasteiger charge is -2.34. The van der Waals surface area contributed by atoms with Crippen molar-refractivity contribution in [3.05, 3.63) is 485 Å². The van der Waals surface area contributed by atoms with Crippen molar-refractivity contribution < 1.29 is 8.83 Å². The number of hydrogen-bond acceptors (Lipinski definition) is 2. The predicted octanol–water partition coefficient (Wildman–Crippen LogP) is 31.0. The summed E-state index contributed by atoms with van der Waals surface area (Å²) in [6.07, 6.45) is 0. The first-order valence-electron chi connectivity index (χ1n) is 43.1. The van der Waals surface area contributed by atoms with Crippen LogP contribution < -0.4 is 20.7 Å². The van der Waals surface area contributed by atoms with E-state index in [1.54, 1.807) is 0 Å². The van der Waals surface area contributed by atoms with Gasteiger partial charge in [0.15, 0.2) is 8.07 Å². The van der Waals surface area contributed by atoms with E-state index >= 15 is 0 Å². The van der Waals surface area contributed by atoms with Gasteiger partial charge >= 0.3 is 0 Å². The van der Waals surface area contributed by atoms with Gasteiger partial charge in [-0.2, -0.15) is 0 Å². The molecule has 0 radical (unpaired) electrons. The van der Waals surface area contributed by atoms with E-state index in [1.165, 1.54) is 169 Å². The van der Waals surface area contributed by atoms with E-state index in [1.807, 2.05) is 12.1 Å². The van der Waals surface area contributed by atoms with Crippen molar-refractivity contribution in [1.29, 1.82) is 0 Å². The van der Waals surface area contributed by atoms with Crippen molar-refractivity contribution >= 4 is 127 Å². The Hall–Kier alpha value is -16.0. The highest BCUT2D eigenvalue weighted by atomic mass is 28.3. The quantitative estimate of drug-likeness (QED) is 0.0616. The monoisotopic (exact) mass is 1600 g/mol. The largest absolute Gasteiger partial charge is 0.456 e. The molecule has 0 saturated heterocycles. The molecule has 0 fully saturated rings. The molecule has 3 heteroatoms. The summed E-state index contributed by atoms with van der Waals surface area (Å²) in [6, 6.07) is 178. The van der Waals surface area contributed by atoms with Gasteiger partial charge in [-0.05, 0) is 240 Å². The standard InChI is InChI=1S/C68H46OSi.C54H34O/c1-6-20-47(21-7-1)50-39-43-60-62(45-50)66(49-36-40-57(41-37-49)70(54-26-10-3-11-27-54,55-28-12-4-13-29-55)56-30-14-5-15-31-56)59-42-38-51(48-22-8-2-9-23-48)46-63(59)67(60)53-25-18-24-52(44-53)58-33-19-35-65-68(58)61-32-16-17-34-64(61)69-65;1-2-15-35(16-3-1)41-22-6-7-23-44(41)53-46-25-9-8-24-45(46)52(47-32-31-38(34-49(47)53)42-27-13-18-36-17-4-5-21-40(36)42)39-20-12-19-37(33-39)43-28-14-30-51-54(43)48-26-10-11-29-50(48)55-51/h1-46H;1-34H. The van der Waals surface area contributed by atoms with Crippen LogP contribution in [0.2, 0.25) is 0 Å². The summed E-state index contributed by atoms with van der Waals surface area (Å²) in [5, 5.41) is 22.3. The normalized spacial score (nSPS) is 11.7. The van der Waals surface area contributed by atoms with E-state index in [9.17, 15) is 0 Å². The van der Waals surface area contributed by atoms with Crippen LogP contribution in [0.15, 0.2) is 494 Å². The van der Waals surface area contributed by atoms with Crippen molar-refractivity contribution in [1.82, 2.24) is 0 Å². The van der Waals surface area contributed by atoms with Crippen LogP contribution in [0, 0.1) is 0 Å². The number of furan rings is 2. The molecule has 0 aliphatic heterocycles. The van der Waals surface area contributed by atoms with Crippen LogP contribution in [-0.4, -0.2) is 8.07 Å². The molecule has 0 bridgehead atoms. The second-order valence-electron chi connectivity index (χ2n) is 32.6. The Morgan fingerprint density at radius 2 is 0.432 bits per heavy atom. The maximum Gasteiger partial charge on any atom is 0.179 e. The molecule has 2 aromatic heterocycles. The molecule has 0 aliphatic rings. The van der Waals surface area contributed by atoms with Gasteiger partial charge in [-0.25, -0.2) is 0 Å². The minimum absolute atomic E-state index is 0.896. The average molecular weight is 1610 g/mol. The third kappa shape index (κ3) is 12.9. The van der Waals surface area contributed by atoms with Gasteiger partial charge in [0.05, 0.1) is 0 Å². The average Bonchev–Trinajstić information content (AvgIpc) is 1.55. The first-order chi connectivity index (χ1) is 62.0. The molecule has 0 unspecified atom stereocenters. The molecule has 125 heavy (non-hydrogen) atoms. The van der Waals surface area contributed by atoms with Gasteiger partial charge < -0.3 is 8.83 Å². The summed E-state index contributed by atoms with van der Waals surface area (Å²) >= 11 is 0. The molecule has 0 saturated carbocycles. The van der Waals surface area contributed by atoms with Crippen molar-refractivity contribution in [2.24, 2.45) is 0 Å².